The average Bonchev–Trinajstić information content (AvgIpc) is 2.49. The van der Waals surface area contributed by atoms with Crippen molar-refractivity contribution in [2.45, 2.75) is 32.8 Å². The number of ketones is 1. The molecular weight excluding hydrogens is 320 g/mol. The zero-order chi connectivity index (χ0) is 18.5. The lowest BCUT2D eigenvalue weighted by Gasteiger charge is -2.36. The van der Waals surface area contributed by atoms with Gasteiger partial charge in [0.15, 0.2) is 0 Å². The van der Waals surface area contributed by atoms with Crippen LogP contribution in [0.1, 0.15) is 52.9 Å². The lowest BCUT2D eigenvalue weighted by Crippen LogP contribution is -2.35. The van der Waals surface area contributed by atoms with Crippen LogP contribution in [0.2, 0.25) is 0 Å². The molecule has 1 unspecified atom stereocenters. The molecule has 1 atom stereocenters. The number of aromatic hydroxyl groups is 3. The molecule has 1 aliphatic carbocycles. The average molecular weight is 340 g/mol. The van der Waals surface area contributed by atoms with Gasteiger partial charge in [-0.3, -0.25) is 4.79 Å². The topological polar surface area (TPSA) is 98.0 Å². The van der Waals surface area contributed by atoms with Gasteiger partial charge >= 0.3 is 0 Å². The lowest BCUT2D eigenvalue weighted by atomic mass is 9.71. The van der Waals surface area contributed by atoms with Crippen LogP contribution in [0.4, 0.5) is 0 Å². The van der Waals surface area contributed by atoms with Crippen molar-refractivity contribution in [1.82, 2.24) is 0 Å². The SMILES string of the molecule is CC(C)=CCC1(O)c2cc(C)cc(O)c2C(=O)c2c(O)cc(O)cc21. The first-order valence-electron chi connectivity index (χ1n) is 7.96. The maximum absolute atomic E-state index is 12.9. The molecule has 3 rings (SSSR count). The highest BCUT2D eigenvalue weighted by atomic mass is 16.3. The van der Waals surface area contributed by atoms with E-state index in [1.807, 2.05) is 19.9 Å². The van der Waals surface area contributed by atoms with Crippen molar-refractivity contribution >= 4 is 5.78 Å². The first-order chi connectivity index (χ1) is 11.6. The molecule has 0 bridgehead atoms. The molecule has 130 valence electrons. The number of rotatable bonds is 2. The Bertz CT molecular complexity index is 859. The van der Waals surface area contributed by atoms with E-state index in [2.05, 4.69) is 0 Å². The van der Waals surface area contributed by atoms with Gasteiger partial charge in [-0.05, 0) is 38.5 Å². The van der Waals surface area contributed by atoms with Crippen molar-refractivity contribution in [3.8, 4) is 17.2 Å². The normalized spacial score (nSPS) is 18.5. The van der Waals surface area contributed by atoms with Crippen LogP contribution < -0.4 is 0 Å². The molecule has 0 aromatic heterocycles. The van der Waals surface area contributed by atoms with Gasteiger partial charge in [-0.1, -0.05) is 17.7 Å². The molecule has 0 heterocycles. The number of phenolic OH excluding ortho intramolecular Hbond substituents is 3. The number of aliphatic hydroxyl groups is 1. The van der Waals surface area contributed by atoms with Gasteiger partial charge in [0, 0.05) is 23.6 Å². The third-order valence-electron chi connectivity index (χ3n) is 4.52. The van der Waals surface area contributed by atoms with Gasteiger partial charge in [0.1, 0.15) is 22.8 Å². The lowest BCUT2D eigenvalue weighted by molar-refractivity contribution is 0.0730. The molecule has 0 amide bonds. The second-order valence-corrected chi connectivity index (χ2v) is 6.77. The van der Waals surface area contributed by atoms with E-state index in [-0.39, 0.29) is 40.2 Å². The predicted molar refractivity (Wildman–Crippen MR) is 93.1 cm³/mol. The maximum Gasteiger partial charge on any atom is 0.201 e. The fourth-order valence-corrected chi connectivity index (χ4v) is 3.35. The second-order valence-electron chi connectivity index (χ2n) is 6.77. The molecule has 0 spiro atoms. The highest BCUT2D eigenvalue weighted by molar-refractivity contribution is 6.16. The van der Waals surface area contributed by atoms with Crippen molar-refractivity contribution < 1.29 is 25.2 Å². The Hall–Kier alpha value is -2.79. The first-order valence-corrected chi connectivity index (χ1v) is 7.96. The monoisotopic (exact) mass is 340 g/mol. The zero-order valence-corrected chi connectivity index (χ0v) is 14.3. The molecule has 1 aliphatic rings. The molecule has 5 nitrogen and oxygen atoms in total. The molecule has 2 aromatic carbocycles. The predicted octanol–water partition coefficient (Wildman–Crippen LogP) is 3.25. The van der Waals surface area contributed by atoms with Crippen molar-refractivity contribution in [3.63, 3.8) is 0 Å². The minimum atomic E-state index is -1.66. The van der Waals surface area contributed by atoms with Gasteiger partial charge in [-0.25, -0.2) is 0 Å². The number of hydrogen-bond donors (Lipinski definition) is 4. The van der Waals surface area contributed by atoms with Crippen LogP contribution in [0.25, 0.3) is 0 Å². The van der Waals surface area contributed by atoms with Crippen molar-refractivity contribution in [2.75, 3.05) is 0 Å². The van der Waals surface area contributed by atoms with E-state index >= 15 is 0 Å². The van der Waals surface area contributed by atoms with Crippen LogP contribution in [-0.2, 0) is 5.60 Å². The molecule has 0 aliphatic heterocycles. The Kier molecular flexibility index (Phi) is 3.84. The summed E-state index contributed by atoms with van der Waals surface area (Å²) in [7, 11) is 0. The van der Waals surface area contributed by atoms with Crippen LogP contribution in [0.5, 0.6) is 17.2 Å². The number of aryl methyl sites for hydroxylation is 1. The first kappa shape index (κ1) is 17.0. The molecule has 0 fully saturated rings. The highest BCUT2D eigenvalue weighted by Crippen LogP contribution is 2.48. The summed E-state index contributed by atoms with van der Waals surface area (Å²) in [5.41, 5.74) is 0.269. The van der Waals surface area contributed by atoms with Gasteiger partial charge in [0.25, 0.3) is 0 Å². The molecule has 25 heavy (non-hydrogen) atoms. The Morgan fingerprint density at radius 3 is 2.16 bits per heavy atom. The summed E-state index contributed by atoms with van der Waals surface area (Å²) in [6, 6.07) is 5.43. The summed E-state index contributed by atoms with van der Waals surface area (Å²) in [4.78, 5) is 12.9. The summed E-state index contributed by atoms with van der Waals surface area (Å²) in [5, 5.41) is 41.9. The van der Waals surface area contributed by atoms with Crippen LogP contribution in [0.3, 0.4) is 0 Å². The smallest absolute Gasteiger partial charge is 0.201 e. The van der Waals surface area contributed by atoms with Crippen LogP contribution in [-0.4, -0.2) is 26.2 Å². The van der Waals surface area contributed by atoms with Gasteiger partial charge in [-0.15, -0.1) is 0 Å². The van der Waals surface area contributed by atoms with E-state index in [1.54, 1.807) is 13.0 Å². The number of hydrogen-bond acceptors (Lipinski definition) is 5. The van der Waals surface area contributed by atoms with E-state index in [0.717, 1.165) is 11.6 Å². The summed E-state index contributed by atoms with van der Waals surface area (Å²) in [6.45, 7) is 5.51. The number of fused-ring (bicyclic) bond motifs is 2. The quantitative estimate of drug-likeness (QED) is 0.629. The fourth-order valence-electron chi connectivity index (χ4n) is 3.35. The van der Waals surface area contributed by atoms with Crippen LogP contribution >= 0.6 is 0 Å². The molecule has 0 radical (unpaired) electrons. The Labute approximate surface area is 145 Å². The van der Waals surface area contributed by atoms with Crippen LogP contribution in [0.15, 0.2) is 35.9 Å². The number of carbonyl (C=O) groups excluding carboxylic acids is 1. The second kappa shape index (κ2) is 5.63. The van der Waals surface area contributed by atoms with Gasteiger partial charge in [0.2, 0.25) is 5.78 Å². The van der Waals surface area contributed by atoms with Crippen molar-refractivity contribution in [2.24, 2.45) is 0 Å². The number of benzene rings is 2. The summed E-state index contributed by atoms with van der Waals surface area (Å²) in [5.74, 6) is -1.50. The van der Waals surface area contributed by atoms with Gasteiger partial charge in [0.05, 0.1) is 11.1 Å². The van der Waals surface area contributed by atoms with E-state index < -0.39 is 17.1 Å². The molecule has 4 N–H and O–H groups in total. The van der Waals surface area contributed by atoms with Crippen molar-refractivity contribution in [3.05, 3.63) is 63.7 Å². The van der Waals surface area contributed by atoms with Gasteiger partial charge < -0.3 is 20.4 Å². The minimum Gasteiger partial charge on any atom is -0.508 e. The summed E-state index contributed by atoms with van der Waals surface area (Å²) < 4.78 is 0. The molecule has 0 saturated heterocycles. The van der Waals surface area contributed by atoms with E-state index in [9.17, 15) is 25.2 Å². The standard InChI is InChI=1S/C20H20O5/c1-10(2)4-5-20(25)13-6-11(3)7-15(22)17(13)19(24)18-14(20)8-12(21)9-16(18)23/h4,6-9,21-23,25H,5H2,1-3H3. The Morgan fingerprint density at radius 1 is 1.00 bits per heavy atom. The third-order valence-corrected chi connectivity index (χ3v) is 4.52. The highest BCUT2D eigenvalue weighted by Gasteiger charge is 2.44. The van der Waals surface area contributed by atoms with Crippen molar-refractivity contribution in [1.29, 1.82) is 0 Å². The summed E-state index contributed by atoms with van der Waals surface area (Å²) in [6.07, 6.45) is 1.94. The zero-order valence-electron chi connectivity index (χ0n) is 14.3. The fraction of sp³-hybridized carbons (Fsp3) is 0.250. The Morgan fingerprint density at radius 2 is 1.56 bits per heavy atom. The van der Waals surface area contributed by atoms with Gasteiger partial charge in [-0.2, -0.15) is 0 Å². The molecule has 2 aromatic rings. The van der Waals surface area contributed by atoms with E-state index in [4.69, 9.17) is 0 Å². The van der Waals surface area contributed by atoms with Crippen LogP contribution in [0, 0.1) is 6.92 Å². The molecular formula is C20H20O5. The number of carbonyl (C=O) groups is 1. The number of phenols is 3. The third kappa shape index (κ3) is 2.57. The Balaban J connectivity index is 2.41. The minimum absolute atomic E-state index is 0.0243. The molecule has 5 heteroatoms. The maximum atomic E-state index is 12.9. The van der Waals surface area contributed by atoms with E-state index in [1.165, 1.54) is 12.1 Å². The molecule has 0 saturated carbocycles. The van der Waals surface area contributed by atoms with E-state index in [0.29, 0.717) is 5.56 Å². The number of allylic oxidation sites excluding steroid dienone is 1. The summed E-state index contributed by atoms with van der Waals surface area (Å²) >= 11 is 0. The largest absolute Gasteiger partial charge is 0.508 e.